The van der Waals surface area contributed by atoms with Crippen molar-refractivity contribution in [1.29, 1.82) is 0 Å². The second kappa shape index (κ2) is 6.96. The van der Waals surface area contributed by atoms with E-state index in [1.807, 2.05) is 6.20 Å². The van der Waals surface area contributed by atoms with Gasteiger partial charge in [0.2, 0.25) is 0 Å². The van der Waals surface area contributed by atoms with Crippen LogP contribution in [0, 0.1) is 0 Å². The minimum absolute atomic E-state index is 0.290. The molecule has 1 unspecified atom stereocenters. The number of pyridine rings is 1. The molecule has 1 rings (SSSR count). The van der Waals surface area contributed by atoms with Crippen LogP contribution < -0.4 is 11.3 Å². The second-order valence-electron chi connectivity index (χ2n) is 4.17. The third-order valence-corrected chi connectivity index (χ3v) is 2.84. The van der Waals surface area contributed by atoms with Crippen molar-refractivity contribution < 1.29 is 0 Å². The van der Waals surface area contributed by atoms with Crippen LogP contribution in [0.3, 0.4) is 0 Å². The van der Waals surface area contributed by atoms with E-state index in [2.05, 4.69) is 51.4 Å². The first-order valence-electron chi connectivity index (χ1n) is 5.32. The maximum absolute atomic E-state index is 5.54. The third-order valence-electron chi connectivity index (χ3n) is 2.40. The van der Waals surface area contributed by atoms with Crippen LogP contribution in [0.1, 0.15) is 12.0 Å². The van der Waals surface area contributed by atoms with Crippen molar-refractivity contribution in [3.05, 3.63) is 28.5 Å². The highest BCUT2D eigenvalue weighted by Gasteiger charge is 2.08. The highest BCUT2D eigenvalue weighted by atomic mass is 79.9. The van der Waals surface area contributed by atoms with Crippen molar-refractivity contribution in [2.75, 3.05) is 20.6 Å². The van der Waals surface area contributed by atoms with E-state index in [-0.39, 0.29) is 0 Å². The summed E-state index contributed by atoms with van der Waals surface area (Å²) in [5, 5.41) is 0. The average Bonchev–Trinajstić information content (AvgIpc) is 2.24. The Morgan fingerprint density at radius 3 is 2.81 bits per heavy atom. The molecule has 1 heterocycles. The number of nitrogens with zero attached hydrogens (tertiary/aromatic N) is 2. The molecular weight excluding hydrogens is 268 g/mol. The lowest BCUT2D eigenvalue weighted by molar-refractivity contribution is 0.358. The molecule has 1 aromatic rings. The van der Waals surface area contributed by atoms with E-state index in [9.17, 15) is 0 Å². The highest BCUT2D eigenvalue weighted by molar-refractivity contribution is 9.10. The Morgan fingerprint density at radius 1 is 1.50 bits per heavy atom. The van der Waals surface area contributed by atoms with Crippen molar-refractivity contribution in [2.45, 2.75) is 18.9 Å². The monoisotopic (exact) mass is 286 g/mol. The van der Waals surface area contributed by atoms with E-state index in [0.717, 1.165) is 23.9 Å². The van der Waals surface area contributed by atoms with Crippen molar-refractivity contribution >= 4 is 15.9 Å². The van der Waals surface area contributed by atoms with Gasteiger partial charge in [0, 0.05) is 22.9 Å². The first kappa shape index (κ1) is 13.6. The van der Waals surface area contributed by atoms with Gasteiger partial charge in [-0.2, -0.15) is 0 Å². The molecule has 0 saturated heterocycles. The van der Waals surface area contributed by atoms with E-state index < -0.39 is 0 Å². The topological polar surface area (TPSA) is 54.2 Å². The van der Waals surface area contributed by atoms with Gasteiger partial charge in [-0.05, 0) is 61.0 Å². The smallest absolute Gasteiger partial charge is 0.0410 e. The van der Waals surface area contributed by atoms with Crippen LogP contribution in [-0.4, -0.2) is 36.6 Å². The predicted octanol–water partition coefficient (Wildman–Crippen LogP) is 1.17. The second-order valence-corrected chi connectivity index (χ2v) is 5.09. The molecule has 0 amide bonds. The summed E-state index contributed by atoms with van der Waals surface area (Å²) < 4.78 is 1.01. The zero-order chi connectivity index (χ0) is 12.0. The summed E-state index contributed by atoms with van der Waals surface area (Å²) in [4.78, 5) is 6.30. The summed E-state index contributed by atoms with van der Waals surface area (Å²) in [6, 6.07) is 2.37. The van der Waals surface area contributed by atoms with Crippen molar-refractivity contribution in [1.82, 2.24) is 15.3 Å². The first-order chi connectivity index (χ1) is 7.61. The molecule has 16 heavy (non-hydrogen) atoms. The van der Waals surface area contributed by atoms with Crippen molar-refractivity contribution in [3.63, 3.8) is 0 Å². The number of halogens is 1. The average molecular weight is 287 g/mol. The van der Waals surface area contributed by atoms with Crippen LogP contribution in [0.15, 0.2) is 22.9 Å². The maximum atomic E-state index is 5.54. The summed E-state index contributed by atoms with van der Waals surface area (Å²) in [7, 11) is 4.13. The van der Waals surface area contributed by atoms with Gasteiger partial charge in [0.1, 0.15) is 0 Å². The first-order valence-corrected chi connectivity index (χ1v) is 6.11. The summed E-state index contributed by atoms with van der Waals surface area (Å²) in [5.41, 5.74) is 4.05. The molecule has 0 aliphatic rings. The zero-order valence-corrected chi connectivity index (χ0v) is 11.4. The van der Waals surface area contributed by atoms with Gasteiger partial charge in [-0.3, -0.25) is 16.3 Å². The third kappa shape index (κ3) is 5.03. The Bertz CT molecular complexity index is 317. The van der Waals surface area contributed by atoms with Gasteiger partial charge in [0.15, 0.2) is 0 Å². The molecule has 0 aliphatic heterocycles. The van der Waals surface area contributed by atoms with Crippen LogP contribution in [0.25, 0.3) is 0 Å². The van der Waals surface area contributed by atoms with Gasteiger partial charge in [-0.15, -0.1) is 0 Å². The highest BCUT2D eigenvalue weighted by Crippen LogP contribution is 2.12. The van der Waals surface area contributed by atoms with Gasteiger partial charge in [0.05, 0.1) is 0 Å². The van der Waals surface area contributed by atoms with Gasteiger partial charge >= 0.3 is 0 Å². The van der Waals surface area contributed by atoms with Crippen LogP contribution >= 0.6 is 15.9 Å². The molecule has 1 aromatic heterocycles. The van der Waals surface area contributed by atoms with E-state index >= 15 is 0 Å². The van der Waals surface area contributed by atoms with Gasteiger partial charge in [-0.1, -0.05) is 0 Å². The quantitative estimate of drug-likeness (QED) is 0.609. The number of rotatable bonds is 6. The van der Waals surface area contributed by atoms with Crippen LogP contribution in [-0.2, 0) is 6.42 Å². The largest absolute Gasteiger partial charge is 0.309 e. The molecular formula is C11H19BrN4. The molecule has 3 N–H and O–H groups in total. The summed E-state index contributed by atoms with van der Waals surface area (Å²) in [6.45, 7) is 1.02. The molecule has 5 heteroatoms. The summed E-state index contributed by atoms with van der Waals surface area (Å²) in [5.74, 6) is 5.54. The Morgan fingerprint density at radius 2 is 2.25 bits per heavy atom. The minimum Gasteiger partial charge on any atom is -0.309 e. The molecule has 4 nitrogen and oxygen atoms in total. The lowest BCUT2D eigenvalue weighted by atomic mass is 10.1. The van der Waals surface area contributed by atoms with E-state index in [0.29, 0.717) is 6.04 Å². The number of hydrazine groups is 1. The number of nitrogens with two attached hydrogens (primary N) is 1. The molecule has 0 fully saturated rings. The Labute approximate surface area is 105 Å². The number of hydrogen-bond donors (Lipinski definition) is 2. The van der Waals surface area contributed by atoms with Crippen LogP contribution in [0.4, 0.5) is 0 Å². The molecule has 0 saturated carbocycles. The molecule has 1 atom stereocenters. The number of hydrogen-bond acceptors (Lipinski definition) is 4. The van der Waals surface area contributed by atoms with Crippen LogP contribution in [0.5, 0.6) is 0 Å². The SMILES string of the molecule is CN(C)CCC(Cc1cncc(Br)c1)NN. The molecule has 0 radical (unpaired) electrons. The van der Waals surface area contributed by atoms with Crippen LogP contribution in [0.2, 0.25) is 0 Å². The number of aromatic nitrogens is 1. The molecule has 0 aromatic carbocycles. The number of nitrogens with one attached hydrogen (secondary N) is 1. The Balaban J connectivity index is 2.49. The van der Waals surface area contributed by atoms with Gasteiger partial charge < -0.3 is 4.90 Å². The minimum atomic E-state index is 0.290. The fraction of sp³-hybridized carbons (Fsp3) is 0.545. The Kier molecular flexibility index (Phi) is 5.90. The summed E-state index contributed by atoms with van der Waals surface area (Å²) in [6.07, 6.45) is 5.59. The van der Waals surface area contributed by atoms with Gasteiger partial charge in [0.25, 0.3) is 0 Å². The van der Waals surface area contributed by atoms with Gasteiger partial charge in [-0.25, -0.2) is 0 Å². The molecule has 0 bridgehead atoms. The fourth-order valence-electron chi connectivity index (χ4n) is 1.51. The van der Waals surface area contributed by atoms with E-state index in [1.165, 1.54) is 5.56 Å². The van der Waals surface area contributed by atoms with E-state index in [1.54, 1.807) is 6.20 Å². The zero-order valence-electron chi connectivity index (χ0n) is 9.78. The lowest BCUT2D eigenvalue weighted by Gasteiger charge is -2.18. The molecule has 0 aliphatic carbocycles. The van der Waals surface area contributed by atoms with Crippen molar-refractivity contribution in [2.24, 2.45) is 5.84 Å². The summed E-state index contributed by atoms with van der Waals surface area (Å²) >= 11 is 3.41. The standard InChI is InChI=1S/C11H19BrN4/c1-16(2)4-3-11(15-13)6-9-5-10(12)8-14-7-9/h5,7-8,11,15H,3-4,6,13H2,1-2H3. The predicted molar refractivity (Wildman–Crippen MR) is 69.9 cm³/mol. The molecule has 90 valence electrons. The lowest BCUT2D eigenvalue weighted by Crippen LogP contribution is -2.38. The van der Waals surface area contributed by atoms with Crippen molar-refractivity contribution in [3.8, 4) is 0 Å². The molecule has 0 spiro atoms. The normalized spacial score (nSPS) is 13.1. The van der Waals surface area contributed by atoms with E-state index in [4.69, 9.17) is 5.84 Å². The maximum Gasteiger partial charge on any atom is 0.0410 e. The fourth-order valence-corrected chi connectivity index (χ4v) is 1.92. The Hall–Kier alpha value is -0.490.